The first kappa shape index (κ1) is 31.5. The van der Waals surface area contributed by atoms with E-state index < -0.39 is 0 Å². The van der Waals surface area contributed by atoms with E-state index in [1.807, 2.05) is 0 Å². The van der Waals surface area contributed by atoms with Crippen LogP contribution >= 0.6 is 0 Å². The normalized spacial score (nSPS) is 0. The van der Waals surface area contributed by atoms with Crippen molar-refractivity contribution in [1.29, 1.82) is 0 Å². The molecule has 0 amide bonds. The van der Waals surface area contributed by atoms with Crippen LogP contribution in [0.2, 0.25) is 0 Å². The summed E-state index contributed by atoms with van der Waals surface area (Å²) in [5.74, 6) is 0. The Balaban J connectivity index is 0. The smallest absolute Gasteiger partial charge is 0 e. The van der Waals surface area contributed by atoms with E-state index in [4.69, 9.17) is 0 Å². The molecule has 4 heavy (non-hydrogen) atoms. The Hall–Kier alpha value is 2.49. The van der Waals surface area contributed by atoms with E-state index in [1.54, 1.807) is 0 Å². The van der Waals surface area contributed by atoms with Gasteiger partial charge >= 0.3 is 59.4 Å². The Kier molecular flexibility index (Phi) is 141. The van der Waals surface area contributed by atoms with Gasteiger partial charge in [-0.2, -0.15) is 0 Å². The largest absolute Gasteiger partial charge is 0 e. The summed E-state index contributed by atoms with van der Waals surface area (Å²) < 4.78 is 0. The molecule has 0 atom stereocenters. The van der Waals surface area contributed by atoms with Crippen molar-refractivity contribution in [1.82, 2.24) is 0 Å². The van der Waals surface area contributed by atoms with E-state index in [0.717, 1.165) is 0 Å². The molecule has 0 aliphatic carbocycles. The second-order valence-electron chi connectivity index (χ2n) is 0. The zero-order valence-electron chi connectivity index (χ0n) is 0.447. The summed E-state index contributed by atoms with van der Waals surface area (Å²) in [5, 5.41) is 0. The molecule has 0 aliphatic heterocycles. The topological polar surface area (TPSA) is 0 Å². The van der Waals surface area contributed by atoms with Crippen molar-refractivity contribution in [3.05, 3.63) is 0 Å². The Bertz CT molecular complexity index is 3.25. The zero-order chi connectivity index (χ0) is 0. The molecule has 0 aliphatic rings. The van der Waals surface area contributed by atoms with Gasteiger partial charge in [-0.05, 0) is 0 Å². The van der Waals surface area contributed by atoms with Crippen LogP contribution in [0.4, 0.5) is 0 Å². The van der Waals surface area contributed by atoms with Crippen molar-refractivity contribution in [2.75, 3.05) is 0 Å². The molecule has 0 rings (SSSR count). The van der Waals surface area contributed by atoms with Gasteiger partial charge in [-0.15, -0.1) is 0 Å². The third-order valence-electron chi connectivity index (χ3n) is 0. The molecule has 0 aromatic heterocycles. The van der Waals surface area contributed by atoms with E-state index in [-0.39, 0.29) is 77.9 Å². The van der Waals surface area contributed by atoms with Gasteiger partial charge in [0.2, 0.25) is 0 Å². The van der Waals surface area contributed by atoms with E-state index in [9.17, 15) is 0 Å². The molecule has 0 spiro atoms. The molecule has 0 unspecified atom stereocenters. The van der Waals surface area contributed by atoms with Gasteiger partial charge in [0, 0.05) is 18.6 Å². The van der Waals surface area contributed by atoms with E-state index in [0.29, 0.717) is 0 Å². The van der Waals surface area contributed by atoms with Gasteiger partial charge in [-0.1, -0.05) is 0 Å². The van der Waals surface area contributed by atoms with Crippen LogP contribution < -0.4 is 0 Å². The number of hydrogen-bond donors (Lipinski definition) is 0. The standard InChI is InChI=1S/3Ga.V.9H. The monoisotopic (exact) mass is 267 g/mol. The summed E-state index contributed by atoms with van der Waals surface area (Å²) in [6.45, 7) is 0. The van der Waals surface area contributed by atoms with Gasteiger partial charge in [-0.25, -0.2) is 0 Å². The van der Waals surface area contributed by atoms with E-state index in [2.05, 4.69) is 0 Å². The van der Waals surface area contributed by atoms with Crippen LogP contribution in [0.1, 0.15) is 0 Å². The van der Waals surface area contributed by atoms with Gasteiger partial charge in [0.15, 0.2) is 0 Å². The van der Waals surface area contributed by atoms with E-state index in [1.165, 1.54) is 0 Å². The van der Waals surface area contributed by atoms with Crippen LogP contribution in [0.3, 0.4) is 0 Å². The molecule has 1 radical (unpaired) electrons. The SMILES string of the molecule is [GaH3].[GaH3].[GaH3].[V]. The zero-order valence-corrected chi connectivity index (χ0v) is 1.84. The summed E-state index contributed by atoms with van der Waals surface area (Å²) >= 11 is 0. The average Bonchev–Trinajstić information content (AvgIpc) is 0. The van der Waals surface area contributed by atoms with Crippen LogP contribution in [0.25, 0.3) is 0 Å². The molecule has 0 aromatic carbocycles. The predicted molar refractivity (Wildman–Crippen MR) is 29.8 cm³/mol. The Morgan fingerprint density at radius 1 is 0.500 bits per heavy atom. The van der Waals surface area contributed by atoms with Gasteiger partial charge in [0.25, 0.3) is 0 Å². The quantitative estimate of drug-likeness (QED) is 0.399. The minimum absolute atomic E-state index is 0. The Labute approximate surface area is 76.9 Å². The minimum atomic E-state index is 0. The predicted octanol–water partition coefficient (Wildman–Crippen LogP) is -3.55. The number of hydrogen-bond acceptors (Lipinski definition) is 0. The van der Waals surface area contributed by atoms with Crippen molar-refractivity contribution in [2.45, 2.75) is 0 Å². The average molecular weight is 269 g/mol. The molecule has 4 heteroatoms. The Morgan fingerprint density at radius 2 is 0.500 bits per heavy atom. The summed E-state index contributed by atoms with van der Waals surface area (Å²) in [6.07, 6.45) is 0. The third-order valence-corrected chi connectivity index (χ3v) is 0. The molecule has 0 fully saturated rings. The Morgan fingerprint density at radius 3 is 0.500 bits per heavy atom. The maximum absolute atomic E-state index is 0. The molecule has 0 saturated carbocycles. The van der Waals surface area contributed by atoms with Crippen LogP contribution in [0, 0.1) is 0 Å². The van der Waals surface area contributed by atoms with Gasteiger partial charge in [-0.3, -0.25) is 0 Å². The maximum atomic E-state index is 0. The molecular weight excluding hydrogens is 260 g/mol. The second-order valence-corrected chi connectivity index (χ2v) is 0. The van der Waals surface area contributed by atoms with Crippen LogP contribution in [-0.2, 0) is 18.6 Å². The summed E-state index contributed by atoms with van der Waals surface area (Å²) in [6, 6.07) is 0. The maximum Gasteiger partial charge on any atom is 0 e. The second kappa shape index (κ2) is 17.8. The third kappa shape index (κ3) is 8.82. The van der Waals surface area contributed by atoms with Gasteiger partial charge in [0.05, 0.1) is 0 Å². The molecule has 0 nitrogen and oxygen atoms in total. The summed E-state index contributed by atoms with van der Waals surface area (Å²) in [4.78, 5) is 0. The van der Waals surface area contributed by atoms with Crippen molar-refractivity contribution in [3.8, 4) is 0 Å². The van der Waals surface area contributed by atoms with Crippen molar-refractivity contribution in [3.63, 3.8) is 0 Å². The van der Waals surface area contributed by atoms with Gasteiger partial charge in [0.1, 0.15) is 0 Å². The fraction of sp³-hybridized carbons (Fsp3) is 0. The molecule has 0 N–H and O–H groups in total. The fourth-order valence-corrected chi connectivity index (χ4v) is 0. The minimum Gasteiger partial charge on any atom is 0 e. The van der Waals surface area contributed by atoms with Gasteiger partial charge < -0.3 is 0 Å². The molecule has 0 aromatic rings. The first-order valence-electron chi connectivity index (χ1n) is 0. The molecule has 0 heterocycles. The van der Waals surface area contributed by atoms with Crippen molar-refractivity contribution >= 4 is 59.4 Å². The molecule has 23 valence electrons. The fourth-order valence-electron chi connectivity index (χ4n) is 0. The van der Waals surface area contributed by atoms with Crippen LogP contribution in [-0.4, -0.2) is 59.4 Å². The molecular formula is H9Ga3V. The summed E-state index contributed by atoms with van der Waals surface area (Å²) in [5.41, 5.74) is 0. The van der Waals surface area contributed by atoms with Crippen molar-refractivity contribution in [2.24, 2.45) is 0 Å². The first-order chi connectivity index (χ1) is 0. The summed E-state index contributed by atoms with van der Waals surface area (Å²) in [7, 11) is 0. The van der Waals surface area contributed by atoms with Crippen LogP contribution in [0.15, 0.2) is 0 Å². The molecule has 0 saturated heterocycles. The van der Waals surface area contributed by atoms with Crippen LogP contribution in [0.5, 0.6) is 0 Å². The first-order valence-corrected chi connectivity index (χ1v) is 0. The van der Waals surface area contributed by atoms with E-state index >= 15 is 0 Å². The number of rotatable bonds is 0. The molecule has 0 bridgehead atoms. The van der Waals surface area contributed by atoms with Crippen molar-refractivity contribution < 1.29 is 18.6 Å².